The second-order valence-corrected chi connectivity index (χ2v) is 3.82. The number of carboxylic acid groups (broad SMARTS) is 3. The molecular formula is C6H10O11SZn2. The van der Waals surface area contributed by atoms with Crippen LogP contribution in [0, 0.1) is 0 Å². The molecule has 14 heteroatoms. The summed E-state index contributed by atoms with van der Waals surface area (Å²) < 4.78 is 31.6. The largest absolute Gasteiger partial charge is 0.481 e. The van der Waals surface area contributed by atoms with E-state index >= 15 is 0 Å². The van der Waals surface area contributed by atoms with E-state index in [2.05, 4.69) is 0 Å². The van der Waals surface area contributed by atoms with Crippen molar-refractivity contribution >= 4 is 28.3 Å². The maximum atomic E-state index is 10.3. The van der Waals surface area contributed by atoms with Crippen LogP contribution in [0.25, 0.3) is 0 Å². The minimum Gasteiger partial charge on any atom is -0.481 e. The van der Waals surface area contributed by atoms with Gasteiger partial charge in [0.15, 0.2) is 5.60 Å². The van der Waals surface area contributed by atoms with Gasteiger partial charge < -0.3 is 20.4 Å². The van der Waals surface area contributed by atoms with Gasteiger partial charge in [0.2, 0.25) is 0 Å². The molecule has 0 rings (SSSR count). The zero-order valence-electron chi connectivity index (χ0n) is 9.96. The number of hydrogen-bond donors (Lipinski definition) is 6. The van der Waals surface area contributed by atoms with Crippen LogP contribution in [-0.2, 0) is 63.7 Å². The van der Waals surface area contributed by atoms with Crippen LogP contribution in [0.15, 0.2) is 0 Å². The van der Waals surface area contributed by atoms with Crippen molar-refractivity contribution in [2.24, 2.45) is 0 Å². The summed E-state index contributed by atoms with van der Waals surface area (Å²) in [6.45, 7) is 0. The minimum absolute atomic E-state index is 0. The van der Waals surface area contributed by atoms with E-state index in [-0.39, 0.29) is 39.0 Å². The van der Waals surface area contributed by atoms with Gasteiger partial charge in [0.25, 0.3) is 0 Å². The quantitative estimate of drug-likeness (QED) is 0.213. The van der Waals surface area contributed by atoms with Crippen LogP contribution in [-0.4, -0.2) is 61.5 Å². The first-order chi connectivity index (χ1) is 7.78. The normalized spacial score (nSPS) is 9.95. The third-order valence-corrected chi connectivity index (χ3v) is 1.29. The molecule has 0 spiro atoms. The topological polar surface area (TPSA) is 207 Å². The first-order valence-corrected chi connectivity index (χ1v) is 5.27. The van der Waals surface area contributed by atoms with Gasteiger partial charge in [0.05, 0.1) is 12.8 Å². The van der Waals surface area contributed by atoms with Crippen molar-refractivity contribution in [2.75, 3.05) is 0 Å². The van der Waals surface area contributed by atoms with E-state index in [1.807, 2.05) is 0 Å². The molecule has 0 unspecified atom stereocenters. The van der Waals surface area contributed by atoms with Crippen molar-refractivity contribution < 1.29 is 91.3 Å². The number of aliphatic carboxylic acids is 3. The molecule has 0 atom stereocenters. The third kappa shape index (κ3) is 19.8. The standard InChI is InChI=1S/C6H8O7.H2O4S.2Zn/c7-3(8)1-6(13,5(11)12)2-4(9)10;1-5(2,3)4;;/h13H,1-2H2,(H,7,8)(H,9,10)(H,11,12);(H2,1,2,3,4);;. The van der Waals surface area contributed by atoms with E-state index in [9.17, 15) is 14.4 Å². The van der Waals surface area contributed by atoms with E-state index in [0.29, 0.717) is 0 Å². The zero-order chi connectivity index (χ0) is 15.1. The second kappa shape index (κ2) is 11.2. The maximum absolute atomic E-state index is 10.3. The summed E-state index contributed by atoms with van der Waals surface area (Å²) in [5.41, 5.74) is -2.74. The molecule has 0 aromatic carbocycles. The predicted octanol–water partition coefficient (Wildman–Crippen LogP) is -1.91. The third-order valence-electron chi connectivity index (χ3n) is 1.29. The Balaban J connectivity index is -0.000000158. The van der Waals surface area contributed by atoms with Crippen molar-refractivity contribution in [3.8, 4) is 0 Å². The monoisotopic (exact) mass is 418 g/mol. The molecule has 0 saturated carbocycles. The molecule has 0 amide bonds. The van der Waals surface area contributed by atoms with Crippen LogP contribution >= 0.6 is 0 Å². The van der Waals surface area contributed by atoms with Gasteiger partial charge in [-0.05, 0) is 0 Å². The molecule has 0 radical (unpaired) electrons. The van der Waals surface area contributed by atoms with Crippen molar-refractivity contribution in [1.82, 2.24) is 0 Å². The summed E-state index contributed by atoms with van der Waals surface area (Å²) in [5.74, 6) is -5.02. The first-order valence-electron chi connectivity index (χ1n) is 3.87. The SMILES string of the molecule is O=C(O)CC(O)(CC(=O)O)C(=O)O.O=S(=O)(O)O.[Zn].[Zn]. The van der Waals surface area contributed by atoms with E-state index < -0.39 is 46.7 Å². The van der Waals surface area contributed by atoms with E-state index in [1.165, 1.54) is 0 Å². The van der Waals surface area contributed by atoms with Crippen LogP contribution in [0.5, 0.6) is 0 Å². The molecule has 0 aromatic heterocycles. The zero-order valence-corrected chi connectivity index (χ0v) is 16.7. The smallest absolute Gasteiger partial charge is 0.394 e. The Hall–Kier alpha value is -0.513. The second-order valence-electron chi connectivity index (χ2n) is 2.93. The molecule has 6 N–H and O–H groups in total. The van der Waals surface area contributed by atoms with Gasteiger partial charge in [-0.1, -0.05) is 0 Å². The molecule has 0 aliphatic heterocycles. The molecule has 20 heavy (non-hydrogen) atoms. The number of rotatable bonds is 5. The molecule has 0 aliphatic carbocycles. The summed E-state index contributed by atoms with van der Waals surface area (Å²) >= 11 is 0. The molecule has 11 nitrogen and oxygen atoms in total. The van der Waals surface area contributed by atoms with Gasteiger partial charge in [-0.15, -0.1) is 0 Å². The fourth-order valence-corrected chi connectivity index (χ4v) is 0.714. The number of aliphatic hydroxyl groups is 1. The average Bonchev–Trinajstić information content (AvgIpc) is 1.95. The molecule has 110 valence electrons. The van der Waals surface area contributed by atoms with Crippen LogP contribution in [0.3, 0.4) is 0 Å². The predicted molar refractivity (Wildman–Crippen MR) is 51.3 cm³/mol. The fourth-order valence-electron chi connectivity index (χ4n) is 0.714. The van der Waals surface area contributed by atoms with Crippen LogP contribution in [0.1, 0.15) is 12.8 Å². The Morgan fingerprint density at radius 1 is 0.850 bits per heavy atom. The summed E-state index contributed by atoms with van der Waals surface area (Å²) in [5, 5.41) is 33.8. The van der Waals surface area contributed by atoms with E-state index in [0.717, 1.165) is 0 Å². The number of carboxylic acids is 3. The molecular weight excluding hydrogens is 411 g/mol. The number of hydrogen-bond acceptors (Lipinski definition) is 6. The summed E-state index contributed by atoms with van der Waals surface area (Å²) in [4.78, 5) is 30.5. The van der Waals surface area contributed by atoms with Gasteiger partial charge in [-0.3, -0.25) is 18.7 Å². The summed E-state index contributed by atoms with van der Waals surface area (Å²) in [6, 6.07) is 0. The Morgan fingerprint density at radius 2 is 1.05 bits per heavy atom. The van der Waals surface area contributed by atoms with Crippen molar-refractivity contribution in [3.05, 3.63) is 0 Å². The molecule has 0 fully saturated rings. The number of carbonyl (C=O) groups is 3. The fraction of sp³-hybridized carbons (Fsp3) is 0.500. The molecule has 0 bridgehead atoms. The van der Waals surface area contributed by atoms with Crippen LogP contribution in [0.2, 0.25) is 0 Å². The summed E-state index contributed by atoms with van der Waals surface area (Å²) in [6.07, 6.45) is -2.29. The Bertz CT molecular complexity index is 406. The van der Waals surface area contributed by atoms with Gasteiger partial charge >= 0.3 is 28.3 Å². The van der Waals surface area contributed by atoms with E-state index in [4.69, 9.17) is 37.9 Å². The Labute approximate surface area is 138 Å². The molecule has 0 heterocycles. The van der Waals surface area contributed by atoms with Gasteiger partial charge in [-0.25, -0.2) is 4.79 Å². The van der Waals surface area contributed by atoms with Crippen molar-refractivity contribution in [1.29, 1.82) is 0 Å². The maximum Gasteiger partial charge on any atom is 0.394 e. The first kappa shape index (κ1) is 27.8. The van der Waals surface area contributed by atoms with Crippen LogP contribution < -0.4 is 0 Å². The van der Waals surface area contributed by atoms with Gasteiger partial charge in [0.1, 0.15) is 0 Å². The minimum atomic E-state index is -4.67. The van der Waals surface area contributed by atoms with Crippen molar-refractivity contribution in [2.45, 2.75) is 18.4 Å². The molecule has 0 aromatic rings. The Morgan fingerprint density at radius 3 is 1.15 bits per heavy atom. The summed E-state index contributed by atoms with van der Waals surface area (Å²) in [7, 11) is -4.67. The molecule has 0 aliphatic rings. The van der Waals surface area contributed by atoms with Gasteiger partial charge in [0, 0.05) is 39.0 Å². The Kier molecular flexibility index (Phi) is 15.5. The van der Waals surface area contributed by atoms with Gasteiger partial charge in [-0.2, -0.15) is 8.42 Å². The van der Waals surface area contributed by atoms with E-state index in [1.54, 1.807) is 0 Å². The van der Waals surface area contributed by atoms with Crippen LogP contribution in [0.4, 0.5) is 0 Å². The average molecular weight is 421 g/mol. The molecule has 0 saturated heterocycles. The van der Waals surface area contributed by atoms with Crippen molar-refractivity contribution in [3.63, 3.8) is 0 Å².